The molecule has 1 saturated heterocycles. The molecule has 3 aliphatic rings. The third kappa shape index (κ3) is 2.92. The van der Waals surface area contributed by atoms with Gasteiger partial charge in [0.15, 0.2) is 5.60 Å². The van der Waals surface area contributed by atoms with Crippen LogP contribution in [0, 0.1) is 17.3 Å². The fourth-order valence-corrected chi connectivity index (χ4v) is 4.77. The Morgan fingerprint density at radius 2 is 2.07 bits per heavy atom. The standard InChI is InChI=1S/C20H28O7/c1-9-6-7-13(22)19(4)8-12(26-18(24)20(5,25)11(3)21)14-10(2)17(23)27-16(14)15(9)19/h11-16,21-22,25H,1-2,6-8H2,3-5H3. The summed E-state index contributed by atoms with van der Waals surface area (Å²) in [7, 11) is 0. The zero-order valence-electron chi connectivity index (χ0n) is 16.0. The second kappa shape index (κ2) is 6.43. The van der Waals surface area contributed by atoms with E-state index in [1.54, 1.807) is 0 Å². The lowest BCUT2D eigenvalue weighted by Crippen LogP contribution is -2.59. The molecule has 0 amide bonds. The normalized spacial score (nSPS) is 41.9. The smallest absolute Gasteiger partial charge is 0.340 e. The molecule has 3 fully saturated rings. The zero-order valence-corrected chi connectivity index (χ0v) is 16.0. The van der Waals surface area contributed by atoms with Crippen molar-refractivity contribution in [1.82, 2.24) is 0 Å². The van der Waals surface area contributed by atoms with E-state index in [4.69, 9.17) is 9.47 Å². The summed E-state index contributed by atoms with van der Waals surface area (Å²) in [4.78, 5) is 24.7. The molecule has 0 spiro atoms. The lowest BCUT2D eigenvalue weighted by Gasteiger charge is -2.54. The van der Waals surface area contributed by atoms with E-state index in [9.17, 15) is 24.9 Å². The third-order valence-corrected chi connectivity index (χ3v) is 6.77. The van der Waals surface area contributed by atoms with Crippen LogP contribution in [0.2, 0.25) is 0 Å². The van der Waals surface area contributed by atoms with Crippen molar-refractivity contribution < 1.29 is 34.4 Å². The number of ether oxygens (including phenoxy) is 2. The number of aliphatic hydroxyl groups is 3. The monoisotopic (exact) mass is 380 g/mol. The zero-order chi connectivity index (χ0) is 20.3. The highest BCUT2D eigenvalue weighted by Crippen LogP contribution is 2.58. The summed E-state index contributed by atoms with van der Waals surface area (Å²) in [5.74, 6) is -2.38. The summed E-state index contributed by atoms with van der Waals surface area (Å²) in [5, 5.41) is 30.6. The van der Waals surface area contributed by atoms with Crippen LogP contribution in [0.1, 0.15) is 40.0 Å². The Morgan fingerprint density at radius 3 is 2.67 bits per heavy atom. The van der Waals surface area contributed by atoms with Crippen molar-refractivity contribution in [2.24, 2.45) is 17.3 Å². The second-order valence-electron chi connectivity index (χ2n) is 8.59. The highest BCUT2D eigenvalue weighted by Gasteiger charge is 2.62. The first-order valence-electron chi connectivity index (χ1n) is 9.28. The molecule has 8 atom stereocenters. The number of rotatable bonds is 3. The molecule has 0 radical (unpaired) electrons. The van der Waals surface area contributed by atoms with E-state index in [0.717, 1.165) is 5.57 Å². The average Bonchev–Trinajstić information content (AvgIpc) is 2.86. The van der Waals surface area contributed by atoms with E-state index in [1.165, 1.54) is 13.8 Å². The first kappa shape index (κ1) is 20.0. The minimum absolute atomic E-state index is 0.212. The molecule has 1 heterocycles. The molecule has 8 unspecified atom stereocenters. The topological polar surface area (TPSA) is 113 Å². The summed E-state index contributed by atoms with van der Waals surface area (Å²) in [5.41, 5.74) is -1.67. The van der Waals surface area contributed by atoms with Crippen molar-refractivity contribution in [1.29, 1.82) is 0 Å². The summed E-state index contributed by atoms with van der Waals surface area (Å²) in [6.07, 6.45) is -2.00. The van der Waals surface area contributed by atoms with E-state index in [-0.39, 0.29) is 17.9 Å². The van der Waals surface area contributed by atoms with E-state index in [2.05, 4.69) is 13.2 Å². The Kier molecular flexibility index (Phi) is 4.77. The SMILES string of the molecule is C=C1C(=O)OC2C1C(OC(=O)C(C)(O)C(C)O)CC1(C)C(O)CCC(=C)C21. The van der Waals surface area contributed by atoms with Crippen molar-refractivity contribution in [3.63, 3.8) is 0 Å². The fourth-order valence-electron chi connectivity index (χ4n) is 4.77. The number of hydrogen-bond acceptors (Lipinski definition) is 7. The van der Waals surface area contributed by atoms with Gasteiger partial charge in [-0.25, -0.2) is 9.59 Å². The third-order valence-electron chi connectivity index (χ3n) is 6.77. The van der Waals surface area contributed by atoms with Crippen LogP contribution in [0.3, 0.4) is 0 Å². The van der Waals surface area contributed by atoms with E-state index in [0.29, 0.717) is 12.8 Å². The Labute approximate surface area is 158 Å². The molecule has 0 aromatic carbocycles. The quantitative estimate of drug-likeness (QED) is 0.378. The molecule has 0 aromatic rings. The summed E-state index contributed by atoms with van der Waals surface area (Å²) in [6.45, 7) is 12.3. The van der Waals surface area contributed by atoms with Crippen LogP contribution < -0.4 is 0 Å². The average molecular weight is 380 g/mol. The van der Waals surface area contributed by atoms with E-state index >= 15 is 0 Å². The molecule has 150 valence electrons. The molecule has 3 N–H and O–H groups in total. The van der Waals surface area contributed by atoms with Crippen LogP contribution in [-0.2, 0) is 19.1 Å². The number of carbonyl (C=O) groups is 2. The fraction of sp³-hybridized carbons (Fsp3) is 0.700. The lowest BCUT2D eigenvalue weighted by atomic mass is 9.53. The van der Waals surface area contributed by atoms with Crippen LogP contribution in [0.5, 0.6) is 0 Å². The predicted octanol–water partition coefficient (Wildman–Crippen LogP) is 0.865. The Balaban J connectivity index is 1.97. The first-order valence-corrected chi connectivity index (χ1v) is 9.28. The molecule has 7 heteroatoms. The number of aliphatic hydroxyl groups excluding tert-OH is 2. The van der Waals surface area contributed by atoms with Crippen molar-refractivity contribution in [2.75, 3.05) is 0 Å². The van der Waals surface area contributed by atoms with Gasteiger partial charge in [0.05, 0.1) is 18.1 Å². The van der Waals surface area contributed by atoms with Crippen LogP contribution in [0.4, 0.5) is 0 Å². The maximum atomic E-state index is 12.5. The van der Waals surface area contributed by atoms with Gasteiger partial charge in [-0.3, -0.25) is 0 Å². The summed E-state index contributed by atoms with van der Waals surface area (Å²) in [6, 6.07) is 0. The second-order valence-corrected chi connectivity index (χ2v) is 8.59. The van der Waals surface area contributed by atoms with Crippen LogP contribution in [0.15, 0.2) is 24.3 Å². The maximum Gasteiger partial charge on any atom is 0.340 e. The maximum absolute atomic E-state index is 12.5. The van der Waals surface area contributed by atoms with Crippen molar-refractivity contribution in [2.45, 2.75) is 70.1 Å². The number of hydrogen-bond donors (Lipinski definition) is 3. The molecule has 3 rings (SSSR count). The lowest BCUT2D eigenvalue weighted by molar-refractivity contribution is -0.197. The number of esters is 2. The van der Waals surface area contributed by atoms with Gasteiger partial charge < -0.3 is 24.8 Å². The molecule has 2 aliphatic carbocycles. The largest absolute Gasteiger partial charge is 0.459 e. The van der Waals surface area contributed by atoms with Crippen LogP contribution in [-0.4, -0.2) is 57.3 Å². The Morgan fingerprint density at radius 1 is 1.44 bits per heavy atom. The minimum Gasteiger partial charge on any atom is -0.459 e. The summed E-state index contributed by atoms with van der Waals surface area (Å²) >= 11 is 0. The van der Waals surface area contributed by atoms with Crippen LogP contribution >= 0.6 is 0 Å². The van der Waals surface area contributed by atoms with Crippen molar-refractivity contribution in [3.8, 4) is 0 Å². The van der Waals surface area contributed by atoms with Gasteiger partial charge >= 0.3 is 11.9 Å². The van der Waals surface area contributed by atoms with Gasteiger partial charge in [-0.1, -0.05) is 25.7 Å². The van der Waals surface area contributed by atoms with Gasteiger partial charge in [-0.2, -0.15) is 0 Å². The molecule has 0 aromatic heterocycles. The van der Waals surface area contributed by atoms with Crippen molar-refractivity contribution >= 4 is 11.9 Å². The van der Waals surface area contributed by atoms with Crippen LogP contribution in [0.25, 0.3) is 0 Å². The molecule has 2 saturated carbocycles. The Hall–Kier alpha value is -1.70. The van der Waals surface area contributed by atoms with Crippen molar-refractivity contribution in [3.05, 3.63) is 24.3 Å². The van der Waals surface area contributed by atoms with Gasteiger partial charge in [0.2, 0.25) is 0 Å². The van der Waals surface area contributed by atoms with Gasteiger partial charge in [0, 0.05) is 16.9 Å². The predicted molar refractivity (Wildman–Crippen MR) is 95.3 cm³/mol. The highest BCUT2D eigenvalue weighted by molar-refractivity contribution is 5.91. The molecule has 1 aliphatic heterocycles. The van der Waals surface area contributed by atoms with E-state index < -0.39 is 53.3 Å². The molecular formula is C20H28O7. The van der Waals surface area contributed by atoms with E-state index in [1.807, 2.05) is 6.92 Å². The van der Waals surface area contributed by atoms with Gasteiger partial charge in [-0.05, 0) is 33.1 Å². The summed E-state index contributed by atoms with van der Waals surface area (Å²) < 4.78 is 11.1. The Bertz CT molecular complexity index is 694. The highest BCUT2D eigenvalue weighted by atomic mass is 16.6. The van der Waals surface area contributed by atoms with Gasteiger partial charge in [0.25, 0.3) is 0 Å². The first-order chi connectivity index (χ1) is 12.4. The van der Waals surface area contributed by atoms with Gasteiger partial charge in [0.1, 0.15) is 12.2 Å². The molecule has 7 nitrogen and oxygen atoms in total. The number of fused-ring (bicyclic) bond motifs is 3. The molecular weight excluding hydrogens is 352 g/mol. The van der Waals surface area contributed by atoms with Gasteiger partial charge in [-0.15, -0.1) is 0 Å². The molecule has 27 heavy (non-hydrogen) atoms. The minimum atomic E-state index is -2.09. The molecule has 0 bridgehead atoms. The number of carbonyl (C=O) groups excluding carboxylic acids is 2.